The van der Waals surface area contributed by atoms with E-state index in [9.17, 15) is 24.0 Å². The van der Waals surface area contributed by atoms with Gasteiger partial charge in [-0.05, 0) is 68.9 Å². The molecule has 2 fully saturated rings. The summed E-state index contributed by atoms with van der Waals surface area (Å²) < 4.78 is 5.27. The molecule has 1 aliphatic carbocycles. The fourth-order valence-electron chi connectivity index (χ4n) is 6.69. The maximum Gasteiger partial charge on any atom is 0.250 e. The Bertz CT molecular complexity index is 1210. The molecule has 0 aromatic heterocycles. The average molecular weight is 626 g/mol. The van der Waals surface area contributed by atoms with Gasteiger partial charge >= 0.3 is 0 Å². The fourth-order valence-corrected chi connectivity index (χ4v) is 6.69. The predicted octanol–water partition coefficient (Wildman–Crippen LogP) is 2.22. The molecule has 2 N–H and O–H groups in total. The number of rotatable bonds is 7. The lowest BCUT2D eigenvalue weighted by atomic mass is 9.75. The van der Waals surface area contributed by atoms with Crippen LogP contribution in [0.5, 0.6) is 0 Å². The Morgan fingerprint density at radius 1 is 1.00 bits per heavy atom. The van der Waals surface area contributed by atoms with Gasteiger partial charge in [0.2, 0.25) is 23.6 Å². The number of fused-ring (bicyclic) bond motifs is 2. The van der Waals surface area contributed by atoms with Crippen molar-refractivity contribution in [2.24, 2.45) is 11.8 Å². The first-order chi connectivity index (χ1) is 21.6. The first-order valence-corrected chi connectivity index (χ1v) is 16.7. The molecule has 1 spiro atoms. The zero-order valence-corrected chi connectivity index (χ0v) is 27.3. The molecule has 248 valence electrons. The van der Waals surface area contributed by atoms with E-state index in [0.29, 0.717) is 70.9 Å². The van der Waals surface area contributed by atoms with Crippen LogP contribution in [-0.2, 0) is 40.7 Å². The van der Waals surface area contributed by atoms with Crippen LogP contribution in [-0.4, -0.2) is 103 Å². The molecule has 2 saturated heterocycles. The van der Waals surface area contributed by atoms with Crippen LogP contribution in [0.25, 0.3) is 0 Å². The molecule has 1 aromatic carbocycles. The third-order valence-corrected chi connectivity index (χ3v) is 9.30. The van der Waals surface area contributed by atoms with Gasteiger partial charge in [0.15, 0.2) is 0 Å². The zero-order chi connectivity index (χ0) is 32.4. The summed E-state index contributed by atoms with van der Waals surface area (Å²) in [6.45, 7) is 8.76. The van der Waals surface area contributed by atoms with E-state index >= 15 is 0 Å². The molecule has 1 aromatic rings. The quantitative estimate of drug-likeness (QED) is 0.479. The smallest absolute Gasteiger partial charge is 0.250 e. The van der Waals surface area contributed by atoms with E-state index in [1.54, 1.807) is 14.7 Å². The maximum absolute atomic E-state index is 14.0. The third kappa shape index (κ3) is 8.83. The second-order valence-electron chi connectivity index (χ2n) is 12.9. The van der Waals surface area contributed by atoms with E-state index in [2.05, 4.69) is 24.5 Å². The largest absolute Gasteiger partial charge is 0.372 e. The highest BCUT2D eigenvalue weighted by Crippen LogP contribution is 2.36. The van der Waals surface area contributed by atoms with E-state index < -0.39 is 5.54 Å². The normalized spacial score (nSPS) is 22.6. The third-order valence-electron chi connectivity index (χ3n) is 9.30. The molecule has 2 aliphatic heterocycles. The Kier molecular flexibility index (Phi) is 12.4. The van der Waals surface area contributed by atoms with Crippen LogP contribution in [0, 0.1) is 11.8 Å². The second kappa shape index (κ2) is 16.2. The molecule has 45 heavy (non-hydrogen) atoms. The van der Waals surface area contributed by atoms with Gasteiger partial charge in [-0.2, -0.15) is 0 Å². The molecular formula is C34H51N5O6. The van der Waals surface area contributed by atoms with Crippen molar-refractivity contribution in [2.45, 2.75) is 77.7 Å². The fraction of sp³-hybridized carbons (Fsp3) is 0.676. The van der Waals surface area contributed by atoms with Crippen molar-refractivity contribution in [3.8, 4) is 0 Å². The average Bonchev–Trinajstić information content (AvgIpc) is 3.04. The number of hydrogen-bond acceptors (Lipinski definition) is 6. The first kappa shape index (κ1) is 34.4. The second-order valence-corrected chi connectivity index (χ2v) is 12.9. The lowest BCUT2D eigenvalue weighted by molar-refractivity contribution is -0.143. The van der Waals surface area contributed by atoms with E-state index in [1.807, 2.05) is 31.2 Å². The topological polar surface area (TPSA) is 128 Å². The number of ether oxygens (including phenoxy) is 1. The van der Waals surface area contributed by atoms with E-state index in [0.717, 1.165) is 30.4 Å². The minimum atomic E-state index is -1.25. The highest BCUT2D eigenvalue weighted by Gasteiger charge is 2.45. The number of benzene rings is 1. The summed E-state index contributed by atoms with van der Waals surface area (Å²) in [5.74, 6) is -0.723. The molecule has 1 unspecified atom stereocenters. The summed E-state index contributed by atoms with van der Waals surface area (Å²) in [7, 11) is 0. The van der Waals surface area contributed by atoms with Crippen molar-refractivity contribution in [2.75, 3.05) is 59.0 Å². The molecular weight excluding hydrogens is 574 g/mol. The lowest BCUT2D eigenvalue weighted by Gasteiger charge is -2.39. The van der Waals surface area contributed by atoms with Crippen molar-refractivity contribution >= 4 is 29.5 Å². The Hall–Kier alpha value is -3.47. The minimum absolute atomic E-state index is 0.0107. The Morgan fingerprint density at radius 2 is 1.76 bits per heavy atom. The molecule has 2 heterocycles. The van der Waals surface area contributed by atoms with Crippen molar-refractivity contribution in [3.05, 3.63) is 35.4 Å². The summed E-state index contributed by atoms with van der Waals surface area (Å²) in [5.41, 5.74) is 0.558. The molecule has 5 amide bonds. The van der Waals surface area contributed by atoms with Crippen molar-refractivity contribution in [1.29, 1.82) is 0 Å². The lowest BCUT2D eigenvalue weighted by Crippen LogP contribution is -2.60. The molecule has 11 heteroatoms. The number of amides is 5. The van der Waals surface area contributed by atoms with Gasteiger partial charge in [-0.25, -0.2) is 0 Å². The van der Waals surface area contributed by atoms with Crippen LogP contribution in [0.3, 0.4) is 0 Å². The number of carbonyl (C=O) groups excluding carboxylic acids is 5. The van der Waals surface area contributed by atoms with Gasteiger partial charge in [-0.1, -0.05) is 38.1 Å². The Balaban J connectivity index is 1.53. The minimum Gasteiger partial charge on any atom is -0.372 e. The summed E-state index contributed by atoms with van der Waals surface area (Å²) >= 11 is 0. The van der Waals surface area contributed by atoms with Gasteiger partial charge < -0.3 is 30.1 Å². The molecule has 3 aliphatic rings. The Morgan fingerprint density at radius 3 is 2.49 bits per heavy atom. The number of nitrogens with zero attached hydrogens (tertiary/aromatic N) is 3. The van der Waals surface area contributed by atoms with Crippen LogP contribution in [0.1, 0.15) is 76.8 Å². The highest BCUT2D eigenvalue weighted by atomic mass is 16.5. The number of nitrogens with one attached hydrogen (secondary N) is 2. The number of piperidine rings is 1. The Labute approximate surface area is 267 Å². The van der Waals surface area contributed by atoms with E-state index in [4.69, 9.17) is 4.74 Å². The number of likely N-dealkylation sites (tertiary alicyclic amines) is 1. The van der Waals surface area contributed by atoms with Crippen LogP contribution < -0.4 is 10.6 Å². The van der Waals surface area contributed by atoms with Gasteiger partial charge in [0, 0.05) is 58.2 Å². The molecule has 0 saturated carbocycles. The zero-order valence-electron chi connectivity index (χ0n) is 27.3. The monoisotopic (exact) mass is 625 g/mol. The predicted molar refractivity (Wildman–Crippen MR) is 170 cm³/mol. The van der Waals surface area contributed by atoms with Crippen molar-refractivity contribution in [3.63, 3.8) is 0 Å². The molecule has 0 radical (unpaired) electrons. The summed E-state index contributed by atoms with van der Waals surface area (Å²) in [6.07, 6.45) is 4.56. The van der Waals surface area contributed by atoms with Gasteiger partial charge in [-0.15, -0.1) is 0 Å². The van der Waals surface area contributed by atoms with Crippen molar-refractivity contribution < 1.29 is 28.7 Å². The van der Waals surface area contributed by atoms with Crippen LogP contribution in [0.2, 0.25) is 0 Å². The number of aryl methyl sites for hydroxylation is 1. The van der Waals surface area contributed by atoms with Crippen molar-refractivity contribution in [1.82, 2.24) is 25.3 Å². The van der Waals surface area contributed by atoms with Crippen LogP contribution in [0.4, 0.5) is 0 Å². The standard InChI is InChI=1S/C34H51N5O6/c1-4-45-24-31(42)37-20-14-27(15-21-37)32(43)38-18-8-12-30(41)39(19-13-25(2)3)23-29(40)36-34(33(44)35-17-22-38)16-7-10-26-9-5-6-11-28(26)34/h5-6,9,11,25,27H,4,7-8,10,12-24H2,1-3H3,(H,35,44)(H,36,40). The van der Waals surface area contributed by atoms with Gasteiger partial charge in [0.25, 0.3) is 5.91 Å². The van der Waals surface area contributed by atoms with Gasteiger partial charge in [0.1, 0.15) is 12.1 Å². The SMILES string of the molecule is CCOCC(=O)N1CCC(C(=O)N2CCCC(=O)N(CCC(C)C)CC(=O)NC3(CCCc4ccccc43)C(=O)NCC2)CC1. The van der Waals surface area contributed by atoms with Gasteiger partial charge in [-0.3, -0.25) is 24.0 Å². The van der Waals surface area contributed by atoms with Gasteiger partial charge in [0.05, 0.1) is 6.54 Å². The van der Waals surface area contributed by atoms with Crippen LogP contribution >= 0.6 is 0 Å². The summed E-state index contributed by atoms with van der Waals surface area (Å²) in [4.78, 5) is 72.3. The first-order valence-electron chi connectivity index (χ1n) is 16.7. The highest BCUT2D eigenvalue weighted by molar-refractivity contribution is 5.94. The van der Waals surface area contributed by atoms with Crippen LogP contribution in [0.15, 0.2) is 24.3 Å². The molecule has 0 bridgehead atoms. The molecule has 11 nitrogen and oxygen atoms in total. The molecule has 4 rings (SSSR count). The summed E-state index contributed by atoms with van der Waals surface area (Å²) in [6, 6.07) is 7.72. The van der Waals surface area contributed by atoms with E-state index in [-0.39, 0.29) is 61.6 Å². The molecule has 1 atom stereocenters. The summed E-state index contributed by atoms with van der Waals surface area (Å²) in [5, 5.41) is 6.13. The van der Waals surface area contributed by atoms with E-state index in [1.165, 1.54) is 0 Å². The maximum atomic E-state index is 14.0. The number of carbonyl (C=O) groups is 5. The number of hydrogen-bond donors (Lipinski definition) is 2.